The molecule has 0 bridgehead atoms. The third-order valence-electron chi connectivity index (χ3n) is 2.93. The number of carbonyl (C=O) groups is 2. The van der Waals surface area contributed by atoms with Gasteiger partial charge in [-0.2, -0.15) is 0 Å². The fraction of sp³-hybridized carbons (Fsp3) is 0.143. The fourth-order valence-corrected chi connectivity index (χ4v) is 2.60. The van der Waals surface area contributed by atoms with Crippen molar-refractivity contribution in [2.75, 3.05) is 24.9 Å². The summed E-state index contributed by atoms with van der Waals surface area (Å²) in [7, 11) is 2.57. The Morgan fingerprint density at radius 1 is 1.17 bits per heavy atom. The van der Waals surface area contributed by atoms with E-state index in [0.29, 0.717) is 5.69 Å². The Bertz CT molecular complexity index is 789. The minimum atomic E-state index is -0.634. The number of nitro benzene ring substituents is 1. The summed E-state index contributed by atoms with van der Waals surface area (Å²) in [6, 6.07) is 4.71. The minimum absolute atomic E-state index is 0.137. The van der Waals surface area contributed by atoms with Crippen molar-refractivity contribution in [1.82, 2.24) is 0 Å². The van der Waals surface area contributed by atoms with Crippen molar-refractivity contribution < 1.29 is 24.0 Å². The number of nitro groups is 1. The predicted octanol–water partition coefficient (Wildman–Crippen LogP) is 3.10. The molecular formula is C14H13N3O6S. The van der Waals surface area contributed by atoms with Crippen LogP contribution in [0.25, 0.3) is 0 Å². The van der Waals surface area contributed by atoms with Crippen LogP contribution in [0.5, 0.6) is 5.75 Å². The second-order valence-electron chi connectivity index (χ2n) is 4.38. The number of benzene rings is 1. The summed E-state index contributed by atoms with van der Waals surface area (Å²) in [5.74, 6) is -0.425. The van der Waals surface area contributed by atoms with E-state index in [1.165, 1.54) is 32.4 Å². The standard InChI is InChI=1S/C14H13N3O6S/c1-22-11-7-8(17(20)21)3-4-9(11)15-14(19)16-10-5-6-24-12(10)13(18)23-2/h3-7H,1-2H3,(H2,15,16,19). The van der Waals surface area contributed by atoms with Crippen LogP contribution in [-0.2, 0) is 4.74 Å². The van der Waals surface area contributed by atoms with Gasteiger partial charge in [-0.25, -0.2) is 9.59 Å². The molecule has 0 saturated heterocycles. The number of carbonyl (C=O) groups excluding carboxylic acids is 2. The molecule has 2 rings (SSSR count). The Balaban J connectivity index is 2.14. The number of nitrogens with zero attached hydrogens (tertiary/aromatic N) is 1. The molecule has 2 aromatic rings. The molecule has 0 radical (unpaired) electrons. The molecule has 0 atom stereocenters. The Labute approximate surface area is 140 Å². The van der Waals surface area contributed by atoms with Gasteiger partial charge in [-0.05, 0) is 17.5 Å². The molecule has 0 spiro atoms. The highest BCUT2D eigenvalue weighted by atomic mass is 32.1. The van der Waals surface area contributed by atoms with Crippen molar-refractivity contribution in [2.24, 2.45) is 0 Å². The van der Waals surface area contributed by atoms with E-state index < -0.39 is 16.9 Å². The van der Waals surface area contributed by atoms with E-state index in [2.05, 4.69) is 15.4 Å². The summed E-state index contributed by atoms with van der Waals surface area (Å²) in [5.41, 5.74) is 0.379. The zero-order valence-electron chi connectivity index (χ0n) is 12.7. The number of ether oxygens (including phenoxy) is 2. The van der Waals surface area contributed by atoms with E-state index in [-0.39, 0.29) is 22.0 Å². The smallest absolute Gasteiger partial charge is 0.350 e. The number of non-ortho nitro benzene ring substituents is 1. The molecule has 2 N–H and O–H groups in total. The fourth-order valence-electron chi connectivity index (χ4n) is 1.83. The molecule has 0 aliphatic heterocycles. The number of rotatable bonds is 5. The normalized spacial score (nSPS) is 9.92. The van der Waals surface area contributed by atoms with Crippen molar-refractivity contribution in [3.63, 3.8) is 0 Å². The van der Waals surface area contributed by atoms with Gasteiger partial charge in [0, 0.05) is 6.07 Å². The summed E-state index contributed by atoms with van der Waals surface area (Å²) < 4.78 is 9.66. The van der Waals surface area contributed by atoms with Crippen LogP contribution in [0, 0.1) is 10.1 Å². The number of hydrogen-bond donors (Lipinski definition) is 2. The molecular weight excluding hydrogens is 338 g/mol. The van der Waals surface area contributed by atoms with Crippen molar-refractivity contribution in [2.45, 2.75) is 0 Å². The molecule has 126 valence electrons. The van der Waals surface area contributed by atoms with Crippen molar-refractivity contribution in [3.05, 3.63) is 44.6 Å². The number of thiophene rings is 1. The number of esters is 1. The van der Waals surface area contributed by atoms with Gasteiger partial charge >= 0.3 is 12.0 Å². The molecule has 0 unspecified atom stereocenters. The van der Waals surface area contributed by atoms with Crippen LogP contribution in [-0.4, -0.2) is 31.1 Å². The topological polar surface area (TPSA) is 120 Å². The molecule has 0 aliphatic rings. The second-order valence-corrected chi connectivity index (χ2v) is 5.29. The highest BCUT2D eigenvalue weighted by Crippen LogP contribution is 2.29. The van der Waals surface area contributed by atoms with Crippen molar-refractivity contribution >= 4 is 40.4 Å². The molecule has 24 heavy (non-hydrogen) atoms. The van der Waals surface area contributed by atoms with Crippen LogP contribution in [0.2, 0.25) is 0 Å². The van der Waals surface area contributed by atoms with Gasteiger partial charge in [0.15, 0.2) is 0 Å². The molecule has 2 amide bonds. The summed E-state index contributed by atoms with van der Waals surface area (Å²) in [5, 5.41) is 17.4. The van der Waals surface area contributed by atoms with Crippen LogP contribution >= 0.6 is 11.3 Å². The quantitative estimate of drug-likeness (QED) is 0.485. The van der Waals surface area contributed by atoms with Crippen LogP contribution in [0.1, 0.15) is 9.67 Å². The zero-order chi connectivity index (χ0) is 17.7. The summed E-state index contributed by atoms with van der Waals surface area (Å²) in [4.78, 5) is 34.1. The largest absolute Gasteiger partial charge is 0.494 e. The first-order valence-corrected chi connectivity index (χ1v) is 7.40. The SMILES string of the molecule is COC(=O)c1sccc1NC(=O)Nc1ccc([N+](=O)[O-])cc1OC. The van der Waals surface area contributed by atoms with Crippen LogP contribution < -0.4 is 15.4 Å². The third-order valence-corrected chi connectivity index (χ3v) is 3.82. The van der Waals surface area contributed by atoms with E-state index in [9.17, 15) is 19.7 Å². The summed E-state index contributed by atoms with van der Waals surface area (Å²) in [6.07, 6.45) is 0. The number of amides is 2. The van der Waals surface area contributed by atoms with Gasteiger partial charge in [0.25, 0.3) is 5.69 Å². The molecule has 0 saturated carbocycles. The van der Waals surface area contributed by atoms with E-state index in [1.807, 2.05) is 0 Å². The van der Waals surface area contributed by atoms with Crippen LogP contribution in [0.15, 0.2) is 29.6 Å². The average molecular weight is 351 g/mol. The third kappa shape index (κ3) is 3.79. The van der Waals surface area contributed by atoms with E-state index in [4.69, 9.17) is 4.74 Å². The highest BCUT2D eigenvalue weighted by molar-refractivity contribution is 7.12. The maximum Gasteiger partial charge on any atom is 0.350 e. The lowest BCUT2D eigenvalue weighted by Crippen LogP contribution is -2.20. The molecule has 1 aromatic carbocycles. The molecule has 10 heteroatoms. The zero-order valence-corrected chi connectivity index (χ0v) is 13.5. The van der Waals surface area contributed by atoms with Crippen molar-refractivity contribution in [3.8, 4) is 5.75 Å². The maximum absolute atomic E-state index is 12.1. The molecule has 0 fully saturated rings. The molecule has 1 aromatic heterocycles. The van der Waals surface area contributed by atoms with Crippen LogP contribution in [0.3, 0.4) is 0 Å². The van der Waals surface area contributed by atoms with Gasteiger partial charge in [-0.3, -0.25) is 10.1 Å². The number of anilines is 2. The van der Waals surface area contributed by atoms with E-state index in [1.54, 1.807) is 11.4 Å². The average Bonchev–Trinajstić information content (AvgIpc) is 3.02. The van der Waals surface area contributed by atoms with Crippen molar-refractivity contribution in [1.29, 1.82) is 0 Å². The van der Waals surface area contributed by atoms with E-state index >= 15 is 0 Å². The van der Waals surface area contributed by atoms with E-state index in [0.717, 1.165) is 11.3 Å². The Morgan fingerprint density at radius 3 is 2.50 bits per heavy atom. The maximum atomic E-state index is 12.1. The predicted molar refractivity (Wildman–Crippen MR) is 87.9 cm³/mol. The first-order chi connectivity index (χ1) is 11.5. The Hall–Kier alpha value is -3.14. The highest BCUT2D eigenvalue weighted by Gasteiger charge is 2.17. The van der Waals surface area contributed by atoms with Gasteiger partial charge in [-0.1, -0.05) is 0 Å². The monoisotopic (exact) mass is 351 g/mol. The number of hydrogen-bond acceptors (Lipinski definition) is 7. The van der Waals surface area contributed by atoms with Crippen LogP contribution in [0.4, 0.5) is 21.9 Å². The van der Waals surface area contributed by atoms with Gasteiger partial charge in [0.05, 0.1) is 36.6 Å². The first-order valence-electron chi connectivity index (χ1n) is 6.52. The molecule has 9 nitrogen and oxygen atoms in total. The number of urea groups is 1. The number of methoxy groups -OCH3 is 2. The lowest BCUT2D eigenvalue weighted by molar-refractivity contribution is -0.384. The second kappa shape index (κ2) is 7.42. The van der Waals surface area contributed by atoms with Gasteiger partial charge in [0.1, 0.15) is 10.6 Å². The summed E-state index contributed by atoms with van der Waals surface area (Å²) in [6.45, 7) is 0. The Kier molecular flexibility index (Phi) is 5.32. The lowest BCUT2D eigenvalue weighted by atomic mass is 10.2. The lowest BCUT2D eigenvalue weighted by Gasteiger charge is -2.11. The molecule has 0 aliphatic carbocycles. The van der Waals surface area contributed by atoms with Gasteiger partial charge in [-0.15, -0.1) is 11.3 Å². The minimum Gasteiger partial charge on any atom is -0.494 e. The molecule has 1 heterocycles. The van der Waals surface area contributed by atoms with Gasteiger partial charge in [0.2, 0.25) is 0 Å². The number of nitrogens with one attached hydrogen (secondary N) is 2. The summed E-state index contributed by atoms with van der Waals surface area (Å²) >= 11 is 1.13. The first kappa shape index (κ1) is 17.2. The Morgan fingerprint density at radius 2 is 1.88 bits per heavy atom. The van der Waals surface area contributed by atoms with Gasteiger partial charge < -0.3 is 20.1 Å².